The second-order valence-corrected chi connectivity index (χ2v) is 5.59. The van der Waals surface area contributed by atoms with Gasteiger partial charge in [0.15, 0.2) is 0 Å². The second kappa shape index (κ2) is 8.36. The zero-order chi connectivity index (χ0) is 16.7. The van der Waals surface area contributed by atoms with Gasteiger partial charge in [0, 0.05) is 5.56 Å². The van der Waals surface area contributed by atoms with E-state index < -0.39 is 0 Å². The lowest BCUT2D eigenvalue weighted by atomic mass is 9.89. The standard InChI is InChI=1S/C18H24N2O3/c1-4-16(21)19-15-12-14(17(22-2)20-18(15)23-3)11-10-13-8-6-5-7-9-13/h4,10-13H,1,5-9H2,2-3H3,(H,19,21)/b11-10+. The summed E-state index contributed by atoms with van der Waals surface area (Å²) in [6, 6.07) is 1.81. The van der Waals surface area contributed by atoms with Crippen LogP contribution < -0.4 is 14.8 Å². The zero-order valence-corrected chi connectivity index (χ0v) is 13.8. The van der Waals surface area contributed by atoms with Gasteiger partial charge in [0.1, 0.15) is 5.69 Å². The Labute approximate surface area is 137 Å². The van der Waals surface area contributed by atoms with Gasteiger partial charge in [-0.25, -0.2) is 0 Å². The molecule has 1 aromatic rings. The molecule has 2 rings (SSSR count). The van der Waals surface area contributed by atoms with Gasteiger partial charge < -0.3 is 14.8 Å². The first kappa shape index (κ1) is 17.1. The minimum absolute atomic E-state index is 0.308. The van der Waals surface area contributed by atoms with Crippen LogP contribution in [-0.4, -0.2) is 25.1 Å². The maximum atomic E-state index is 11.6. The summed E-state index contributed by atoms with van der Waals surface area (Å²) < 4.78 is 10.6. The van der Waals surface area contributed by atoms with E-state index in [1.807, 2.05) is 12.1 Å². The highest BCUT2D eigenvalue weighted by molar-refractivity contribution is 6.00. The van der Waals surface area contributed by atoms with E-state index in [1.165, 1.54) is 45.3 Å². The molecule has 5 nitrogen and oxygen atoms in total. The van der Waals surface area contributed by atoms with Crippen LogP contribution in [0.4, 0.5) is 5.69 Å². The number of amides is 1. The molecular formula is C18H24N2O3. The first-order valence-corrected chi connectivity index (χ1v) is 7.92. The van der Waals surface area contributed by atoms with Crippen molar-refractivity contribution in [3.05, 3.63) is 30.4 Å². The Kier molecular flexibility index (Phi) is 6.20. The summed E-state index contributed by atoms with van der Waals surface area (Å²) in [5.74, 6) is 1.08. The van der Waals surface area contributed by atoms with E-state index in [0.717, 1.165) is 5.56 Å². The number of carbonyl (C=O) groups is 1. The van der Waals surface area contributed by atoms with Crippen LogP contribution in [0.1, 0.15) is 37.7 Å². The van der Waals surface area contributed by atoms with E-state index in [1.54, 1.807) is 7.11 Å². The summed E-state index contributed by atoms with van der Waals surface area (Å²) in [6.45, 7) is 3.45. The second-order valence-electron chi connectivity index (χ2n) is 5.59. The summed E-state index contributed by atoms with van der Waals surface area (Å²) in [5, 5.41) is 2.71. The Balaban J connectivity index is 2.28. The van der Waals surface area contributed by atoms with Crippen molar-refractivity contribution in [2.45, 2.75) is 32.1 Å². The van der Waals surface area contributed by atoms with Gasteiger partial charge in [0.25, 0.3) is 0 Å². The Morgan fingerprint density at radius 2 is 1.96 bits per heavy atom. The lowest BCUT2D eigenvalue weighted by molar-refractivity contribution is -0.111. The van der Waals surface area contributed by atoms with Gasteiger partial charge in [-0.15, -0.1) is 0 Å². The molecule has 124 valence electrons. The van der Waals surface area contributed by atoms with E-state index in [-0.39, 0.29) is 5.91 Å². The van der Waals surface area contributed by atoms with Gasteiger partial charge >= 0.3 is 0 Å². The number of pyridine rings is 1. The number of methoxy groups -OCH3 is 2. The maximum absolute atomic E-state index is 11.6. The van der Waals surface area contributed by atoms with Crippen LogP contribution in [-0.2, 0) is 4.79 Å². The van der Waals surface area contributed by atoms with Crippen molar-refractivity contribution in [3.63, 3.8) is 0 Å². The number of allylic oxidation sites excluding steroid dienone is 1. The molecule has 5 heteroatoms. The highest BCUT2D eigenvalue weighted by Crippen LogP contribution is 2.31. The van der Waals surface area contributed by atoms with Gasteiger partial charge in [-0.2, -0.15) is 4.98 Å². The number of hydrogen-bond donors (Lipinski definition) is 1. The lowest BCUT2D eigenvalue weighted by Gasteiger charge is -2.18. The summed E-state index contributed by atoms with van der Waals surface area (Å²) in [4.78, 5) is 15.9. The molecule has 1 aromatic heterocycles. The molecule has 23 heavy (non-hydrogen) atoms. The lowest BCUT2D eigenvalue weighted by Crippen LogP contribution is -2.10. The molecule has 0 saturated heterocycles. The molecule has 1 heterocycles. The number of rotatable bonds is 6. The van der Waals surface area contributed by atoms with E-state index in [9.17, 15) is 4.79 Å². The minimum atomic E-state index is -0.308. The van der Waals surface area contributed by atoms with Crippen molar-refractivity contribution in [1.29, 1.82) is 0 Å². The quantitative estimate of drug-likeness (QED) is 0.811. The average molecular weight is 316 g/mol. The molecule has 0 aliphatic heterocycles. The number of ether oxygens (including phenoxy) is 2. The van der Waals surface area contributed by atoms with E-state index in [0.29, 0.717) is 23.4 Å². The van der Waals surface area contributed by atoms with E-state index in [4.69, 9.17) is 9.47 Å². The Morgan fingerprint density at radius 1 is 1.26 bits per heavy atom. The number of hydrogen-bond acceptors (Lipinski definition) is 4. The average Bonchev–Trinajstić information content (AvgIpc) is 2.60. The first-order valence-electron chi connectivity index (χ1n) is 7.92. The number of carbonyl (C=O) groups excluding carboxylic acids is 1. The third-order valence-corrected chi connectivity index (χ3v) is 4.01. The zero-order valence-electron chi connectivity index (χ0n) is 13.8. The third kappa shape index (κ3) is 4.58. The maximum Gasteiger partial charge on any atom is 0.247 e. The minimum Gasteiger partial charge on any atom is -0.480 e. The summed E-state index contributed by atoms with van der Waals surface area (Å²) in [7, 11) is 3.07. The molecular weight excluding hydrogens is 292 g/mol. The fourth-order valence-electron chi connectivity index (χ4n) is 2.77. The topological polar surface area (TPSA) is 60.5 Å². The molecule has 0 unspecified atom stereocenters. The van der Waals surface area contributed by atoms with Crippen LogP contribution in [0.3, 0.4) is 0 Å². The molecule has 0 spiro atoms. The van der Waals surface area contributed by atoms with Gasteiger partial charge in [0.05, 0.1) is 14.2 Å². The van der Waals surface area contributed by atoms with Crippen LogP contribution in [0.25, 0.3) is 6.08 Å². The van der Waals surface area contributed by atoms with Crippen molar-refractivity contribution in [2.24, 2.45) is 5.92 Å². The molecule has 1 aliphatic carbocycles. The molecule has 0 radical (unpaired) electrons. The fraction of sp³-hybridized carbons (Fsp3) is 0.444. The van der Waals surface area contributed by atoms with Crippen LogP contribution in [0, 0.1) is 5.92 Å². The Morgan fingerprint density at radius 3 is 2.57 bits per heavy atom. The first-order chi connectivity index (χ1) is 11.2. The highest BCUT2D eigenvalue weighted by Gasteiger charge is 2.14. The van der Waals surface area contributed by atoms with Gasteiger partial charge in [-0.05, 0) is 30.9 Å². The third-order valence-electron chi connectivity index (χ3n) is 4.01. The number of nitrogens with zero attached hydrogens (tertiary/aromatic N) is 1. The van der Waals surface area contributed by atoms with Crippen LogP contribution in [0.5, 0.6) is 11.8 Å². The van der Waals surface area contributed by atoms with Crippen molar-refractivity contribution in [1.82, 2.24) is 4.98 Å². The van der Waals surface area contributed by atoms with Crippen molar-refractivity contribution >= 4 is 17.7 Å². The summed E-state index contributed by atoms with van der Waals surface area (Å²) in [5.41, 5.74) is 1.32. The number of anilines is 1. The molecule has 1 saturated carbocycles. The SMILES string of the molecule is C=CC(=O)Nc1cc(/C=C/C2CCCCC2)c(OC)nc1OC. The van der Waals surface area contributed by atoms with E-state index in [2.05, 4.69) is 23.0 Å². The summed E-state index contributed by atoms with van der Waals surface area (Å²) in [6.07, 6.45) is 11.8. The van der Waals surface area contributed by atoms with Crippen LogP contribution >= 0.6 is 0 Å². The summed E-state index contributed by atoms with van der Waals surface area (Å²) >= 11 is 0. The molecule has 1 aliphatic rings. The molecule has 1 N–H and O–H groups in total. The smallest absolute Gasteiger partial charge is 0.247 e. The van der Waals surface area contributed by atoms with Gasteiger partial charge in [-0.3, -0.25) is 4.79 Å². The largest absolute Gasteiger partial charge is 0.480 e. The van der Waals surface area contributed by atoms with Crippen molar-refractivity contribution in [3.8, 4) is 11.8 Å². The van der Waals surface area contributed by atoms with Gasteiger partial charge in [-0.1, -0.05) is 38.0 Å². The Bertz CT molecular complexity index is 590. The highest BCUT2D eigenvalue weighted by atomic mass is 16.5. The van der Waals surface area contributed by atoms with Crippen molar-refractivity contribution < 1.29 is 14.3 Å². The normalized spacial score (nSPS) is 15.4. The van der Waals surface area contributed by atoms with Gasteiger partial charge in [0.2, 0.25) is 17.7 Å². The fourth-order valence-corrected chi connectivity index (χ4v) is 2.77. The van der Waals surface area contributed by atoms with Crippen LogP contribution in [0.15, 0.2) is 24.8 Å². The Hall–Kier alpha value is -2.30. The van der Waals surface area contributed by atoms with Crippen molar-refractivity contribution in [2.75, 3.05) is 19.5 Å². The molecule has 1 fully saturated rings. The predicted octanol–water partition coefficient (Wildman–Crippen LogP) is 3.82. The predicted molar refractivity (Wildman–Crippen MR) is 91.8 cm³/mol. The van der Waals surface area contributed by atoms with Crippen LogP contribution in [0.2, 0.25) is 0 Å². The van der Waals surface area contributed by atoms with E-state index >= 15 is 0 Å². The number of aromatic nitrogens is 1. The molecule has 1 amide bonds. The number of nitrogens with one attached hydrogen (secondary N) is 1. The monoisotopic (exact) mass is 316 g/mol. The molecule has 0 aromatic carbocycles. The molecule has 0 atom stereocenters. The molecule has 0 bridgehead atoms.